The second-order valence-electron chi connectivity index (χ2n) is 8.17. The molecule has 38 heavy (non-hydrogen) atoms. The molecule has 1 aromatic heterocycles. The van der Waals surface area contributed by atoms with E-state index in [2.05, 4.69) is 4.84 Å². The van der Waals surface area contributed by atoms with Crippen molar-refractivity contribution in [1.82, 2.24) is 4.90 Å². The Morgan fingerprint density at radius 3 is 2.58 bits per heavy atom. The standard InChI is InChI=1S/C26H30N2O9S/c1-19(35-25(29)13-15-33-16-17-34-28(31)32)36-26(30)27(2)14-12-23(24-11-6-18-38-24)37-22-10-5-8-20-7-3-4-9-21(20)22/h3-11,18-19,23H,12-17H2,1-2H3/t19?,23-/m0/s1. The Bertz CT molecular complexity index is 1180. The van der Waals surface area contributed by atoms with Crippen LogP contribution in [-0.4, -0.2) is 61.8 Å². The minimum atomic E-state index is -1.10. The lowest BCUT2D eigenvalue weighted by molar-refractivity contribution is -0.758. The number of fused-ring (bicyclic) bond motifs is 1. The highest BCUT2D eigenvalue weighted by atomic mass is 32.1. The quantitative estimate of drug-likeness (QED) is 0.0852. The summed E-state index contributed by atoms with van der Waals surface area (Å²) in [4.78, 5) is 41.0. The molecule has 0 spiro atoms. The number of ether oxygens (including phenoxy) is 4. The average Bonchev–Trinajstić information content (AvgIpc) is 3.43. The van der Waals surface area contributed by atoms with Crippen molar-refractivity contribution < 1.29 is 38.5 Å². The van der Waals surface area contributed by atoms with E-state index >= 15 is 0 Å². The van der Waals surface area contributed by atoms with Crippen molar-refractivity contribution in [1.29, 1.82) is 0 Å². The second-order valence-corrected chi connectivity index (χ2v) is 9.15. The normalized spacial score (nSPS) is 12.4. The van der Waals surface area contributed by atoms with Crippen molar-refractivity contribution in [2.45, 2.75) is 32.2 Å². The van der Waals surface area contributed by atoms with Gasteiger partial charge in [-0.05, 0) is 22.9 Å². The number of thiophene rings is 1. The number of esters is 1. The summed E-state index contributed by atoms with van der Waals surface area (Å²) in [6.45, 7) is 1.49. The number of carbonyl (C=O) groups excluding carboxylic acids is 2. The Balaban J connectivity index is 1.46. The van der Waals surface area contributed by atoms with Gasteiger partial charge in [-0.25, -0.2) is 4.79 Å². The summed E-state index contributed by atoms with van der Waals surface area (Å²) in [6, 6.07) is 17.9. The minimum Gasteiger partial charge on any atom is -0.484 e. The molecule has 2 aromatic carbocycles. The number of hydrogen-bond donors (Lipinski definition) is 0. The van der Waals surface area contributed by atoms with Crippen LogP contribution in [0.5, 0.6) is 5.75 Å². The molecule has 0 aliphatic rings. The topological polar surface area (TPSA) is 127 Å². The molecule has 0 aliphatic carbocycles. The van der Waals surface area contributed by atoms with E-state index in [0.717, 1.165) is 21.4 Å². The van der Waals surface area contributed by atoms with Crippen LogP contribution in [0.3, 0.4) is 0 Å². The van der Waals surface area contributed by atoms with E-state index in [9.17, 15) is 19.7 Å². The van der Waals surface area contributed by atoms with Crippen molar-refractivity contribution in [2.75, 3.05) is 33.4 Å². The number of hydrogen-bond acceptors (Lipinski definition) is 10. The number of carbonyl (C=O) groups is 2. The van der Waals surface area contributed by atoms with Gasteiger partial charge in [-0.2, -0.15) is 0 Å². The predicted molar refractivity (Wildman–Crippen MR) is 139 cm³/mol. The lowest BCUT2D eigenvalue weighted by Gasteiger charge is -2.24. The molecule has 1 heterocycles. The Hall–Kier alpha value is -3.90. The van der Waals surface area contributed by atoms with E-state index in [4.69, 9.17) is 18.9 Å². The van der Waals surface area contributed by atoms with E-state index in [0.29, 0.717) is 13.0 Å². The molecule has 0 bridgehead atoms. The molecule has 11 nitrogen and oxygen atoms in total. The highest BCUT2D eigenvalue weighted by Gasteiger charge is 2.21. The zero-order chi connectivity index (χ0) is 27.3. The lowest BCUT2D eigenvalue weighted by atomic mass is 10.1. The van der Waals surface area contributed by atoms with Crippen molar-refractivity contribution >= 4 is 34.2 Å². The SMILES string of the molecule is CC(OC(=O)CCOCCO[N+](=O)[O-])OC(=O)N(C)CC[C@H](Oc1cccc2ccccc12)c1cccs1. The van der Waals surface area contributed by atoms with Gasteiger partial charge in [-0.3, -0.25) is 4.79 Å². The number of nitrogens with zero attached hydrogens (tertiary/aromatic N) is 2. The first-order valence-electron chi connectivity index (χ1n) is 12.0. The van der Waals surface area contributed by atoms with Crippen LogP contribution in [0.2, 0.25) is 0 Å². The van der Waals surface area contributed by atoms with Gasteiger partial charge in [-0.15, -0.1) is 21.5 Å². The zero-order valence-electron chi connectivity index (χ0n) is 21.1. The molecule has 0 aliphatic heterocycles. The van der Waals surface area contributed by atoms with Crippen molar-refractivity contribution in [3.05, 3.63) is 75.0 Å². The van der Waals surface area contributed by atoms with E-state index in [-0.39, 0.29) is 32.3 Å². The Labute approximate surface area is 223 Å². The van der Waals surface area contributed by atoms with Gasteiger partial charge in [0.15, 0.2) is 0 Å². The van der Waals surface area contributed by atoms with Gasteiger partial charge in [0.1, 0.15) is 18.5 Å². The number of benzene rings is 2. The first-order valence-corrected chi connectivity index (χ1v) is 12.9. The molecule has 1 amide bonds. The highest BCUT2D eigenvalue weighted by Crippen LogP contribution is 2.33. The summed E-state index contributed by atoms with van der Waals surface area (Å²) in [6.07, 6.45) is -1.61. The Morgan fingerprint density at radius 2 is 1.82 bits per heavy atom. The molecular weight excluding hydrogens is 516 g/mol. The maximum atomic E-state index is 12.5. The first kappa shape index (κ1) is 28.7. The largest absolute Gasteiger partial charge is 0.484 e. The first-order chi connectivity index (χ1) is 18.3. The number of amides is 1. The molecule has 0 radical (unpaired) electrons. The monoisotopic (exact) mass is 546 g/mol. The van der Waals surface area contributed by atoms with Gasteiger partial charge in [0, 0.05) is 37.2 Å². The second kappa shape index (κ2) is 14.7. The fraction of sp³-hybridized carbons (Fsp3) is 0.385. The molecule has 0 saturated carbocycles. The van der Waals surface area contributed by atoms with Gasteiger partial charge in [-0.1, -0.05) is 42.5 Å². The molecule has 3 rings (SSSR count). The van der Waals surface area contributed by atoms with Crippen molar-refractivity contribution in [3.63, 3.8) is 0 Å². The third kappa shape index (κ3) is 9.20. The average molecular weight is 547 g/mol. The smallest absolute Gasteiger partial charge is 0.412 e. The third-order valence-electron chi connectivity index (χ3n) is 5.36. The van der Waals surface area contributed by atoms with E-state index in [1.54, 1.807) is 18.4 Å². The molecular formula is C26H30N2O9S. The van der Waals surface area contributed by atoms with Crippen LogP contribution in [0, 0.1) is 10.1 Å². The summed E-state index contributed by atoms with van der Waals surface area (Å²) in [5.41, 5.74) is 0. The molecule has 0 fully saturated rings. The third-order valence-corrected chi connectivity index (χ3v) is 6.32. The van der Waals surface area contributed by atoms with Crippen LogP contribution in [0.4, 0.5) is 4.79 Å². The van der Waals surface area contributed by atoms with Crippen molar-refractivity contribution in [3.8, 4) is 5.75 Å². The molecule has 1 unspecified atom stereocenters. The number of rotatable bonds is 15. The molecule has 0 saturated heterocycles. The van der Waals surface area contributed by atoms with Crippen molar-refractivity contribution in [2.24, 2.45) is 0 Å². The zero-order valence-corrected chi connectivity index (χ0v) is 22.0. The van der Waals surface area contributed by atoms with Crippen LogP contribution in [0.1, 0.15) is 30.7 Å². The summed E-state index contributed by atoms with van der Waals surface area (Å²) in [5.74, 6) is 0.131. The molecule has 2 atom stereocenters. The summed E-state index contributed by atoms with van der Waals surface area (Å²) < 4.78 is 21.8. The molecule has 204 valence electrons. The van der Waals surface area contributed by atoms with E-state index in [1.807, 2.05) is 60.0 Å². The predicted octanol–water partition coefficient (Wildman–Crippen LogP) is 4.98. The summed E-state index contributed by atoms with van der Waals surface area (Å²) in [7, 11) is 1.60. The van der Waals surface area contributed by atoms with Crippen LogP contribution >= 0.6 is 11.3 Å². The lowest BCUT2D eigenvalue weighted by Crippen LogP contribution is -2.33. The summed E-state index contributed by atoms with van der Waals surface area (Å²) in [5, 5.41) is 13.2. The molecule has 12 heteroatoms. The van der Waals surface area contributed by atoms with E-state index < -0.39 is 23.4 Å². The fourth-order valence-electron chi connectivity index (χ4n) is 3.52. The fourth-order valence-corrected chi connectivity index (χ4v) is 4.31. The highest BCUT2D eigenvalue weighted by molar-refractivity contribution is 7.10. The maximum absolute atomic E-state index is 12.5. The van der Waals surface area contributed by atoms with Gasteiger partial charge in [0.2, 0.25) is 6.29 Å². The van der Waals surface area contributed by atoms with Gasteiger partial charge in [0.05, 0.1) is 19.6 Å². The van der Waals surface area contributed by atoms with Crippen LogP contribution in [-0.2, 0) is 23.8 Å². The Kier molecular flexibility index (Phi) is 11.1. The minimum absolute atomic E-state index is 0.0126. The summed E-state index contributed by atoms with van der Waals surface area (Å²) >= 11 is 1.58. The van der Waals surface area contributed by atoms with Gasteiger partial charge >= 0.3 is 12.1 Å². The van der Waals surface area contributed by atoms with Crippen LogP contribution < -0.4 is 4.74 Å². The Morgan fingerprint density at radius 1 is 1.03 bits per heavy atom. The molecule has 3 aromatic rings. The molecule has 0 N–H and O–H groups in total. The van der Waals surface area contributed by atoms with Gasteiger partial charge in [0.25, 0.3) is 5.09 Å². The van der Waals surface area contributed by atoms with Crippen LogP contribution in [0.25, 0.3) is 10.8 Å². The van der Waals surface area contributed by atoms with E-state index in [1.165, 1.54) is 11.8 Å². The van der Waals surface area contributed by atoms with Gasteiger partial charge < -0.3 is 28.7 Å². The van der Waals surface area contributed by atoms with Crippen LogP contribution in [0.15, 0.2) is 60.0 Å². The maximum Gasteiger partial charge on any atom is 0.412 e.